The first-order valence-electron chi connectivity index (χ1n) is 6.89. The van der Waals surface area contributed by atoms with E-state index in [2.05, 4.69) is 48.8 Å². The van der Waals surface area contributed by atoms with Gasteiger partial charge in [0.1, 0.15) is 5.82 Å². The normalized spacial score (nSPS) is 14.8. The van der Waals surface area contributed by atoms with Gasteiger partial charge in [-0.25, -0.2) is 4.98 Å². The molecule has 3 heteroatoms. The average Bonchev–Trinajstić information content (AvgIpc) is 2.76. The number of aromatic nitrogens is 2. The Morgan fingerprint density at radius 1 is 1.29 bits per heavy atom. The van der Waals surface area contributed by atoms with Crippen molar-refractivity contribution in [1.82, 2.24) is 14.9 Å². The van der Waals surface area contributed by atoms with Gasteiger partial charge in [0, 0.05) is 25.4 Å². The highest BCUT2D eigenvalue weighted by molar-refractivity contribution is 4.94. The molecule has 0 saturated carbocycles. The van der Waals surface area contributed by atoms with Crippen LogP contribution in [-0.4, -0.2) is 22.6 Å². The van der Waals surface area contributed by atoms with E-state index in [1.807, 2.05) is 6.20 Å². The molecule has 0 aliphatic rings. The third kappa shape index (κ3) is 4.50. The van der Waals surface area contributed by atoms with Crippen LogP contribution in [-0.2, 0) is 13.0 Å². The van der Waals surface area contributed by atoms with E-state index >= 15 is 0 Å². The minimum absolute atomic E-state index is 0.673. The van der Waals surface area contributed by atoms with E-state index in [1.54, 1.807) is 0 Å². The molecule has 98 valence electrons. The number of hydrogen-bond acceptors (Lipinski definition) is 2. The molecule has 0 fully saturated rings. The molecule has 17 heavy (non-hydrogen) atoms. The fraction of sp³-hybridized carbons (Fsp3) is 0.786. The van der Waals surface area contributed by atoms with Crippen LogP contribution in [0.2, 0.25) is 0 Å². The minimum atomic E-state index is 0.673. The van der Waals surface area contributed by atoms with Crippen molar-refractivity contribution in [1.29, 1.82) is 0 Å². The van der Waals surface area contributed by atoms with Crippen LogP contribution in [0, 0.1) is 11.8 Å². The number of nitrogens with zero attached hydrogens (tertiary/aromatic N) is 2. The van der Waals surface area contributed by atoms with E-state index < -0.39 is 0 Å². The van der Waals surface area contributed by atoms with Crippen molar-refractivity contribution in [2.45, 2.75) is 47.1 Å². The van der Waals surface area contributed by atoms with Crippen molar-refractivity contribution in [2.75, 3.05) is 13.1 Å². The lowest BCUT2D eigenvalue weighted by atomic mass is 9.92. The third-order valence-corrected chi connectivity index (χ3v) is 3.51. The van der Waals surface area contributed by atoms with Crippen LogP contribution in [0.5, 0.6) is 0 Å². The van der Waals surface area contributed by atoms with Gasteiger partial charge in [-0.3, -0.25) is 0 Å². The van der Waals surface area contributed by atoms with Gasteiger partial charge < -0.3 is 9.88 Å². The second-order valence-corrected chi connectivity index (χ2v) is 4.99. The lowest BCUT2D eigenvalue weighted by molar-refractivity contribution is 0.356. The van der Waals surface area contributed by atoms with Gasteiger partial charge in [-0.05, 0) is 38.3 Å². The van der Waals surface area contributed by atoms with Crippen molar-refractivity contribution in [3.05, 3.63) is 18.2 Å². The van der Waals surface area contributed by atoms with Crippen LogP contribution in [0.15, 0.2) is 12.4 Å². The van der Waals surface area contributed by atoms with E-state index in [0.717, 1.165) is 26.1 Å². The zero-order valence-corrected chi connectivity index (χ0v) is 11.7. The van der Waals surface area contributed by atoms with E-state index in [9.17, 15) is 0 Å². The molecule has 1 rings (SSSR count). The molecule has 1 aromatic rings. The minimum Gasteiger partial charge on any atom is -0.335 e. The molecule has 3 nitrogen and oxygen atoms in total. The zero-order valence-electron chi connectivity index (χ0n) is 11.7. The smallest absolute Gasteiger partial charge is 0.108 e. The molecule has 0 aliphatic carbocycles. The molecule has 0 aliphatic heterocycles. The van der Waals surface area contributed by atoms with Crippen LogP contribution < -0.4 is 5.32 Å². The van der Waals surface area contributed by atoms with Gasteiger partial charge >= 0.3 is 0 Å². The number of aryl methyl sites for hydroxylation is 1. The molecule has 1 aromatic heterocycles. The summed E-state index contributed by atoms with van der Waals surface area (Å²) >= 11 is 0. The molecule has 0 saturated heterocycles. The molecular formula is C14H27N3. The first kappa shape index (κ1) is 14.2. The van der Waals surface area contributed by atoms with Crippen LogP contribution in [0.4, 0.5) is 0 Å². The zero-order chi connectivity index (χ0) is 12.7. The van der Waals surface area contributed by atoms with Crippen molar-refractivity contribution in [3.8, 4) is 0 Å². The van der Waals surface area contributed by atoms with E-state index in [0.29, 0.717) is 11.8 Å². The van der Waals surface area contributed by atoms with Gasteiger partial charge in [0.05, 0.1) is 0 Å². The summed E-state index contributed by atoms with van der Waals surface area (Å²) in [4.78, 5) is 4.45. The van der Waals surface area contributed by atoms with Gasteiger partial charge in [0.2, 0.25) is 0 Å². The van der Waals surface area contributed by atoms with Crippen LogP contribution >= 0.6 is 0 Å². The maximum absolute atomic E-state index is 4.45. The molecule has 0 radical (unpaired) electrons. The van der Waals surface area contributed by atoms with Gasteiger partial charge in [0.15, 0.2) is 0 Å². The lowest BCUT2D eigenvalue weighted by Crippen LogP contribution is -2.27. The largest absolute Gasteiger partial charge is 0.335 e. The Hall–Kier alpha value is -0.830. The number of imidazole rings is 1. The highest BCUT2D eigenvalue weighted by Crippen LogP contribution is 2.15. The number of rotatable bonds is 8. The van der Waals surface area contributed by atoms with Crippen molar-refractivity contribution < 1.29 is 0 Å². The summed E-state index contributed by atoms with van der Waals surface area (Å²) in [7, 11) is 0. The van der Waals surface area contributed by atoms with Crippen molar-refractivity contribution >= 4 is 0 Å². The second kappa shape index (κ2) is 7.49. The molecule has 0 bridgehead atoms. The summed E-state index contributed by atoms with van der Waals surface area (Å²) in [6.07, 6.45) is 6.27. The first-order chi connectivity index (χ1) is 8.19. The Labute approximate surface area is 106 Å². The van der Waals surface area contributed by atoms with Crippen LogP contribution in [0.3, 0.4) is 0 Å². The molecule has 2 atom stereocenters. The highest BCUT2D eigenvalue weighted by atomic mass is 15.0. The quantitative estimate of drug-likeness (QED) is 0.705. The van der Waals surface area contributed by atoms with Crippen LogP contribution in [0.1, 0.15) is 39.9 Å². The summed E-state index contributed by atoms with van der Waals surface area (Å²) in [5.41, 5.74) is 0. The fourth-order valence-corrected chi connectivity index (χ4v) is 2.01. The molecule has 0 spiro atoms. The monoisotopic (exact) mass is 237 g/mol. The molecule has 0 amide bonds. The molecule has 1 N–H and O–H groups in total. The van der Waals surface area contributed by atoms with Crippen LogP contribution in [0.25, 0.3) is 0 Å². The summed E-state index contributed by atoms with van der Waals surface area (Å²) in [5, 5.41) is 3.50. The number of hydrogen-bond donors (Lipinski definition) is 1. The molecular weight excluding hydrogens is 210 g/mol. The topological polar surface area (TPSA) is 29.9 Å². The van der Waals surface area contributed by atoms with Gasteiger partial charge in [-0.2, -0.15) is 0 Å². The average molecular weight is 237 g/mol. The Morgan fingerprint density at radius 3 is 2.71 bits per heavy atom. The Bertz CT molecular complexity index is 306. The maximum Gasteiger partial charge on any atom is 0.108 e. The Balaban J connectivity index is 2.39. The highest BCUT2D eigenvalue weighted by Gasteiger charge is 2.14. The van der Waals surface area contributed by atoms with Gasteiger partial charge in [-0.15, -0.1) is 0 Å². The molecule has 1 heterocycles. The van der Waals surface area contributed by atoms with E-state index in [4.69, 9.17) is 0 Å². The van der Waals surface area contributed by atoms with Gasteiger partial charge in [-0.1, -0.05) is 20.8 Å². The third-order valence-electron chi connectivity index (χ3n) is 3.51. The maximum atomic E-state index is 4.45. The SMILES string of the molecule is CCCNCC(C)C(C)Cc1nccn1CC. The summed E-state index contributed by atoms with van der Waals surface area (Å²) in [6, 6.07) is 0. The molecule has 0 aromatic carbocycles. The number of nitrogens with one attached hydrogen (secondary N) is 1. The van der Waals surface area contributed by atoms with Crippen molar-refractivity contribution in [2.24, 2.45) is 11.8 Å². The van der Waals surface area contributed by atoms with E-state index in [1.165, 1.54) is 12.2 Å². The second-order valence-electron chi connectivity index (χ2n) is 4.99. The Kier molecular flexibility index (Phi) is 6.27. The molecule has 2 unspecified atom stereocenters. The fourth-order valence-electron chi connectivity index (χ4n) is 2.01. The predicted molar refractivity (Wildman–Crippen MR) is 73.1 cm³/mol. The summed E-state index contributed by atoms with van der Waals surface area (Å²) in [5.74, 6) is 2.60. The lowest BCUT2D eigenvalue weighted by Gasteiger charge is -2.20. The van der Waals surface area contributed by atoms with E-state index in [-0.39, 0.29) is 0 Å². The summed E-state index contributed by atoms with van der Waals surface area (Å²) in [6.45, 7) is 12.3. The summed E-state index contributed by atoms with van der Waals surface area (Å²) < 4.78 is 2.24. The Morgan fingerprint density at radius 2 is 2.06 bits per heavy atom. The van der Waals surface area contributed by atoms with Gasteiger partial charge in [0.25, 0.3) is 0 Å². The standard InChI is InChI=1S/C14H27N3/c1-5-7-15-11-13(4)12(3)10-14-16-8-9-17(14)6-2/h8-9,12-13,15H,5-7,10-11H2,1-4H3. The predicted octanol–water partition coefficient (Wildman–Crippen LogP) is 2.72. The first-order valence-corrected chi connectivity index (χ1v) is 6.89. The van der Waals surface area contributed by atoms with Crippen molar-refractivity contribution in [3.63, 3.8) is 0 Å².